The molecule has 0 bridgehead atoms. The van der Waals surface area contributed by atoms with Crippen LogP contribution in [0, 0.1) is 5.82 Å². The molecule has 1 N–H and O–H groups in total. The fourth-order valence-electron chi connectivity index (χ4n) is 1.43. The summed E-state index contributed by atoms with van der Waals surface area (Å²) in [5, 5.41) is 3.37. The number of hydrogen-bond donors (Lipinski definition) is 1. The van der Waals surface area contributed by atoms with Crippen LogP contribution in [0.1, 0.15) is 19.4 Å². The van der Waals surface area contributed by atoms with Crippen LogP contribution in [0.2, 0.25) is 5.02 Å². The number of benzene rings is 1. The molecule has 94 valence electrons. The Balaban J connectivity index is 2.43. The van der Waals surface area contributed by atoms with E-state index >= 15 is 0 Å². The zero-order valence-electron chi connectivity index (χ0n) is 9.80. The van der Waals surface area contributed by atoms with Gasteiger partial charge in [0, 0.05) is 30.6 Å². The third kappa shape index (κ3) is 4.71. The topological polar surface area (TPSA) is 38.3 Å². The quantitative estimate of drug-likeness (QED) is 0.826. The van der Waals surface area contributed by atoms with Gasteiger partial charge in [0.25, 0.3) is 0 Å². The Morgan fingerprint density at radius 3 is 2.88 bits per heavy atom. The van der Waals surface area contributed by atoms with Crippen LogP contribution in [0.15, 0.2) is 18.2 Å². The van der Waals surface area contributed by atoms with Gasteiger partial charge in [0.05, 0.1) is 0 Å². The predicted octanol–water partition coefficient (Wildman–Crippen LogP) is 2.52. The first-order valence-electron chi connectivity index (χ1n) is 5.31. The molecule has 0 aromatic heterocycles. The summed E-state index contributed by atoms with van der Waals surface area (Å²) in [5.74, 6) is -0.673. The van der Waals surface area contributed by atoms with E-state index in [0.717, 1.165) is 0 Å². The first-order chi connectivity index (χ1) is 8.00. The normalized spacial score (nSPS) is 12.2. The van der Waals surface area contributed by atoms with Gasteiger partial charge < -0.3 is 10.1 Å². The van der Waals surface area contributed by atoms with E-state index in [1.165, 1.54) is 13.0 Å². The molecular formula is C12H15ClFNO2. The first kappa shape index (κ1) is 13.9. The summed E-state index contributed by atoms with van der Waals surface area (Å²) >= 11 is 5.86. The average molecular weight is 260 g/mol. The lowest BCUT2D eigenvalue weighted by Crippen LogP contribution is -2.28. The van der Waals surface area contributed by atoms with E-state index in [4.69, 9.17) is 16.3 Å². The Morgan fingerprint density at radius 2 is 2.29 bits per heavy atom. The Labute approximate surface area is 105 Å². The van der Waals surface area contributed by atoms with Crippen LogP contribution < -0.4 is 5.32 Å². The highest BCUT2D eigenvalue weighted by molar-refractivity contribution is 6.31. The largest absolute Gasteiger partial charge is 0.462 e. The molecule has 0 aliphatic carbocycles. The fraction of sp³-hybridized carbons (Fsp3) is 0.417. The van der Waals surface area contributed by atoms with E-state index in [1.807, 2.05) is 0 Å². The van der Waals surface area contributed by atoms with Crippen molar-refractivity contribution in [3.05, 3.63) is 34.6 Å². The van der Waals surface area contributed by atoms with E-state index in [0.29, 0.717) is 23.7 Å². The van der Waals surface area contributed by atoms with Crippen molar-refractivity contribution in [1.82, 2.24) is 5.32 Å². The number of nitrogens with one attached hydrogen (secondary N) is 1. The first-order valence-corrected chi connectivity index (χ1v) is 5.69. The summed E-state index contributed by atoms with van der Waals surface area (Å²) in [7, 11) is 0. The van der Waals surface area contributed by atoms with Crippen molar-refractivity contribution in [3.63, 3.8) is 0 Å². The second kappa shape index (κ2) is 6.57. The highest BCUT2D eigenvalue weighted by Gasteiger charge is 2.08. The van der Waals surface area contributed by atoms with E-state index in [2.05, 4.69) is 5.32 Å². The molecule has 0 heterocycles. The summed E-state index contributed by atoms with van der Waals surface area (Å²) in [6.07, 6.45) is -0.252. The predicted molar refractivity (Wildman–Crippen MR) is 64.3 cm³/mol. The van der Waals surface area contributed by atoms with E-state index in [-0.39, 0.29) is 17.9 Å². The van der Waals surface area contributed by atoms with Gasteiger partial charge in [-0.2, -0.15) is 0 Å². The molecule has 1 unspecified atom stereocenters. The van der Waals surface area contributed by atoms with Gasteiger partial charge in [-0.3, -0.25) is 4.79 Å². The van der Waals surface area contributed by atoms with E-state index in [9.17, 15) is 9.18 Å². The van der Waals surface area contributed by atoms with E-state index < -0.39 is 0 Å². The Bertz CT molecular complexity index is 378. The molecule has 17 heavy (non-hydrogen) atoms. The van der Waals surface area contributed by atoms with Gasteiger partial charge in [0.1, 0.15) is 11.9 Å². The zero-order valence-corrected chi connectivity index (χ0v) is 10.6. The Kier molecular flexibility index (Phi) is 5.38. The maximum Gasteiger partial charge on any atom is 0.302 e. The van der Waals surface area contributed by atoms with Crippen LogP contribution >= 0.6 is 11.6 Å². The van der Waals surface area contributed by atoms with Crippen LogP contribution in [-0.4, -0.2) is 18.6 Å². The molecule has 1 atom stereocenters. The molecule has 0 aliphatic heterocycles. The Morgan fingerprint density at radius 1 is 1.59 bits per heavy atom. The SMILES string of the molecule is CC(=O)OC(C)CNCc1c(F)cccc1Cl. The number of carbonyl (C=O) groups is 1. The molecule has 0 radical (unpaired) electrons. The summed E-state index contributed by atoms with van der Waals surface area (Å²) in [6.45, 7) is 3.86. The highest BCUT2D eigenvalue weighted by atomic mass is 35.5. The van der Waals surface area contributed by atoms with Crippen molar-refractivity contribution in [2.45, 2.75) is 26.5 Å². The number of hydrogen-bond acceptors (Lipinski definition) is 3. The molecule has 0 amide bonds. The van der Waals surface area contributed by atoms with Crippen LogP contribution in [-0.2, 0) is 16.1 Å². The molecule has 0 fully saturated rings. The summed E-state index contributed by atoms with van der Waals surface area (Å²) in [4.78, 5) is 10.7. The van der Waals surface area contributed by atoms with Crippen LogP contribution in [0.3, 0.4) is 0 Å². The maximum absolute atomic E-state index is 13.4. The molecule has 1 aromatic rings. The summed E-state index contributed by atoms with van der Waals surface area (Å²) < 4.78 is 18.3. The smallest absolute Gasteiger partial charge is 0.302 e. The monoisotopic (exact) mass is 259 g/mol. The molecule has 0 spiro atoms. The lowest BCUT2D eigenvalue weighted by atomic mass is 10.2. The third-order valence-corrected chi connectivity index (χ3v) is 2.52. The van der Waals surface area contributed by atoms with Crippen molar-refractivity contribution in [2.75, 3.05) is 6.54 Å². The standard InChI is InChI=1S/C12H15ClFNO2/c1-8(17-9(2)16)6-15-7-10-11(13)4-3-5-12(10)14/h3-5,8,15H,6-7H2,1-2H3. The molecule has 0 aliphatic rings. The minimum absolute atomic E-state index is 0.252. The van der Waals surface area contributed by atoms with Crippen LogP contribution in [0.5, 0.6) is 0 Å². The number of halogens is 2. The van der Waals surface area contributed by atoms with Gasteiger partial charge in [0.15, 0.2) is 0 Å². The zero-order chi connectivity index (χ0) is 12.8. The molecule has 0 saturated carbocycles. The van der Waals surface area contributed by atoms with Crippen molar-refractivity contribution in [3.8, 4) is 0 Å². The van der Waals surface area contributed by atoms with Gasteiger partial charge in [-0.25, -0.2) is 4.39 Å². The lowest BCUT2D eigenvalue weighted by Gasteiger charge is -2.13. The van der Waals surface area contributed by atoms with Gasteiger partial charge in [-0.05, 0) is 19.1 Å². The molecule has 5 heteroatoms. The van der Waals surface area contributed by atoms with E-state index in [1.54, 1.807) is 19.1 Å². The van der Waals surface area contributed by atoms with Crippen LogP contribution in [0.4, 0.5) is 4.39 Å². The molecule has 3 nitrogen and oxygen atoms in total. The molecule has 1 rings (SSSR count). The van der Waals surface area contributed by atoms with Gasteiger partial charge in [-0.15, -0.1) is 0 Å². The molecule has 0 saturated heterocycles. The summed E-state index contributed by atoms with van der Waals surface area (Å²) in [6, 6.07) is 4.55. The average Bonchev–Trinajstić information content (AvgIpc) is 2.21. The highest BCUT2D eigenvalue weighted by Crippen LogP contribution is 2.18. The lowest BCUT2D eigenvalue weighted by molar-refractivity contribution is -0.145. The number of rotatable bonds is 5. The van der Waals surface area contributed by atoms with Crippen molar-refractivity contribution in [1.29, 1.82) is 0 Å². The van der Waals surface area contributed by atoms with Crippen LogP contribution in [0.25, 0.3) is 0 Å². The Hall–Kier alpha value is -1.13. The van der Waals surface area contributed by atoms with Gasteiger partial charge >= 0.3 is 5.97 Å². The molecule has 1 aromatic carbocycles. The minimum Gasteiger partial charge on any atom is -0.462 e. The second-order valence-electron chi connectivity index (χ2n) is 3.75. The number of ether oxygens (including phenoxy) is 1. The van der Waals surface area contributed by atoms with Crippen molar-refractivity contribution >= 4 is 17.6 Å². The van der Waals surface area contributed by atoms with Crippen molar-refractivity contribution < 1.29 is 13.9 Å². The second-order valence-corrected chi connectivity index (χ2v) is 4.16. The molecular weight excluding hydrogens is 245 g/mol. The van der Waals surface area contributed by atoms with Gasteiger partial charge in [0.2, 0.25) is 0 Å². The maximum atomic E-state index is 13.4. The number of esters is 1. The fourth-order valence-corrected chi connectivity index (χ4v) is 1.66. The van der Waals surface area contributed by atoms with Gasteiger partial charge in [-0.1, -0.05) is 17.7 Å². The minimum atomic E-state index is -0.342. The number of carbonyl (C=O) groups excluding carboxylic acids is 1. The summed E-state index contributed by atoms with van der Waals surface area (Å²) in [5.41, 5.74) is 0.421. The third-order valence-electron chi connectivity index (χ3n) is 2.16. The van der Waals surface area contributed by atoms with Crippen molar-refractivity contribution in [2.24, 2.45) is 0 Å².